The number of aromatic nitrogens is 3. The van der Waals surface area contributed by atoms with Gasteiger partial charge in [0, 0.05) is 34.8 Å². The molecule has 2 amide bonds. The number of fused-ring (bicyclic) bond motifs is 1. The molecule has 0 saturated carbocycles. The average Bonchev–Trinajstić information content (AvgIpc) is 3.41. The number of hydrogen-bond acceptors (Lipinski definition) is 7. The standard InChI is InChI=1S/C36H35N5O4S/c1-36(2,3)45-35(44)39-30(22-24-12-6-5-7-13-24)34(43)41-31-23-26(46-32-16-9-8-15-28(32)33(42)37-4)18-19-27(31)29(40-41)20-17-25-14-10-11-21-38-25/h5-21,23,30H,22H2,1-4H3,(H,37,42)(H,39,44)/b20-17+. The maximum Gasteiger partial charge on any atom is 0.408 e. The number of carbonyl (C=O) groups excluding carboxylic acids is 3. The number of hydrogen-bond donors (Lipinski definition) is 2. The van der Waals surface area contributed by atoms with E-state index >= 15 is 0 Å². The zero-order valence-electron chi connectivity index (χ0n) is 26.1. The molecule has 10 heteroatoms. The van der Waals surface area contributed by atoms with Gasteiger partial charge < -0.3 is 15.4 Å². The number of benzene rings is 3. The number of alkyl carbamates (subject to hydrolysis) is 1. The molecule has 5 rings (SSSR count). The van der Waals surface area contributed by atoms with Gasteiger partial charge >= 0.3 is 6.09 Å². The number of nitrogens with one attached hydrogen (secondary N) is 2. The first-order valence-corrected chi connectivity index (χ1v) is 15.6. The van der Waals surface area contributed by atoms with Crippen molar-refractivity contribution in [3.63, 3.8) is 0 Å². The van der Waals surface area contributed by atoms with Crippen molar-refractivity contribution >= 4 is 52.7 Å². The number of nitrogens with zero attached hydrogens (tertiary/aromatic N) is 3. The second-order valence-corrected chi connectivity index (χ2v) is 12.6. The van der Waals surface area contributed by atoms with Gasteiger partial charge in [0.05, 0.1) is 22.5 Å². The molecule has 2 heterocycles. The van der Waals surface area contributed by atoms with E-state index in [1.807, 2.05) is 97.1 Å². The quantitative estimate of drug-likeness (QED) is 0.182. The summed E-state index contributed by atoms with van der Waals surface area (Å²) in [5.74, 6) is -0.617. The Morgan fingerprint density at radius 1 is 0.935 bits per heavy atom. The van der Waals surface area contributed by atoms with Gasteiger partial charge in [0.15, 0.2) is 0 Å². The lowest BCUT2D eigenvalue weighted by atomic mass is 10.1. The highest BCUT2D eigenvalue weighted by atomic mass is 32.2. The van der Waals surface area contributed by atoms with Crippen molar-refractivity contribution in [2.24, 2.45) is 0 Å². The maximum atomic E-state index is 14.3. The van der Waals surface area contributed by atoms with Crippen LogP contribution in [0.2, 0.25) is 0 Å². The topological polar surface area (TPSA) is 115 Å². The van der Waals surface area contributed by atoms with Crippen molar-refractivity contribution < 1.29 is 19.1 Å². The van der Waals surface area contributed by atoms with Gasteiger partial charge in [-0.25, -0.2) is 4.79 Å². The molecule has 0 fully saturated rings. The monoisotopic (exact) mass is 633 g/mol. The van der Waals surface area contributed by atoms with E-state index in [9.17, 15) is 14.4 Å². The van der Waals surface area contributed by atoms with Crippen LogP contribution in [0.4, 0.5) is 4.79 Å². The van der Waals surface area contributed by atoms with Gasteiger partial charge in [-0.2, -0.15) is 9.78 Å². The summed E-state index contributed by atoms with van der Waals surface area (Å²) in [6, 6.07) is 27.1. The molecule has 0 radical (unpaired) electrons. The lowest BCUT2D eigenvalue weighted by molar-refractivity contribution is 0.0481. The SMILES string of the molecule is CNC(=O)c1ccccc1Sc1ccc2c(/C=C/c3ccccn3)nn(C(=O)C(Cc3ccccc3)NC(=O)OC(C)(C)C)c2c1. The highest BCUT2D eigenvalue weighted by Crippen LogP contribution is 2.34. The van der Waals surface area contributed by atoms with Crippen LogP contribution in [0.15, 0.2) is 107 Å². The van der Waals surface area contributed by atoms with Crippen LogP contribution >= 0.6 is 11.8 Å². The smallest absolute Gasteiger partial charge is 0.408 e. The van der Waals surface area contributed by atoms with Crippen LogP contribution in [-0.2, 0) is 11.2 Å². The van der Waals surface area contributed by atoms with Gasteiger partial charge in [0.1, 0.15) is 11.6 Å². The van der Waals surface area contributed by atoms with E-state index in [-0.39, 0.29) is 12.3 Å². The van der Waals surface area contributed by atoms with Crippen LogP contribution in [-0.4, -0.2) is 51.4 Å². The Balaban J connectivity index is 1.58. The van der Waals surface area contributed by atoms with Crippen molar-refractivity contribution in [1.82, 2.24) is 25.4 Å². The van der Waals surface area contributed by atoms with Crippen molar-refractivity contribution in [3.05, 3.63) is 120 Å². The summed E-state index contributed by atoms with van der Waals surface area (Å²) in [7, 11) is 1.59. The first-order chi connectivity index (χ1) is 22.1. The van der Waals surface area contributed by atoms with Crippen LogP contribution < -0.4 is 10.6 Å². The molecule has 5 aromatic rings. The van der Waals surface area contributed by atoms with E-state index in [0.29, 0.717) is 16.8 Å². The van der Waals surface area contributed by atoms with E-state index in [1.54, 1.807) is 40.1 Å². The zero-order chi connectivity index (χ0) is 32.7. The third kappa shape index (κ3) is 8.08. The second-order valence-electron chi connectivity index (χ2n) is 11.5. The molecule has 0 aliphatic rings. The van der Waals surface area contributed by atoms with Crippen molar-refractivity contribution in [2.45, 2.75) is 48.6 Å². The molecule has 0 spiro atoms. The van der Waals surface area contributed by atoms with Crippen LogP contribution in [0.3, 0.4) is 0 Å². The Hall–Kier alpha value is -5.22. The molecule has 234 valence electrons. The largest absolute Gasteiger partial charge is 0.444 e. The van der Waals surface area contributed by atoms with E-state index in [1.165, 1.54) is 16.4 Å². The van der Waals surface area contributed by atoms with Gasteiger partial charge in [0.2, 0.25) is 0 Å². The third-order valence-electron chi connectivity index (χ3n) is 6.85. The predicted octanol–water partition coefficient (Wildman–Crippen LogP) is 6.89. The minimum Gasteiger partial charge on any atom is -0.444 e. The molecule has 0 saturated heterocycles. The molecule has 0 aliphatic carbocycles. The Bertz CT molecular complexity index is 1880. The van der Waals surface area contributed by atoms with Crippen LogP contribution in [0.5, 0.6) is 0 Å². The number of ether oxygens (including phenoxy) is 1. The molecular formula is C36H35N5O4S. The van der Waals surface area contributed by atoms with Crippen molar-refractivity contribution in [3.8, 4) is 0 Å². The Morgan fingerprint density at radius 3 is 2.39 bits per heavy atom. The summed E-state index contributed by atoms with van der Waals surface area (Å²) in [6.45, 7) is 5.30. The minimum atomic E-state index is -0.974. The number of pyridine rings is 1. The number of amides is 2. The highest BCUT2D eigenvalue weighted by molar-refractivity contribution is 7.99. The van der Waals surface area contributed by atoms with E-state index < -0.39 is 23.6 Å². The summed E-state index contributed by atoms with van der Waals surface area (Å²) < 4.78 is 6.85. The maximum absolute atomic E-state index is 14.3. The van der Waals surface area contributed by atoms with E-state index in [2.05, 4.69) is 15.6 Å². The normalized spacial score (nSPS) is 12.2. The molecule has 2 N–H and O–H groups in total. The average molecular weight is 634 g/mol. The van der Waals surface area contributed by atoms with Gasteiger partial charge in [-0.15, -0.1) is 0 Å². The summed E-state index contributed by atoms with van der Waals surface area (Å²) >= 11 is 1.41. The lowest BCUT2D eigenvalue weighted by Crippen LogP contribution is -2.46. The van der Waals surface area contributed by atoms with Crippen LogP contribution in [0.25, 0.3) is 23.1 Å². The van der Waals surface area contributed by atoms with Gasteiger partial charge in [-0.3, -0.25) is 14.6 Å². The Kier molecular flexibility index (Phi) is 9.97. The zero-order valence-corrected chi connectivity index (χ0v) is 26.9. The molecule has 46 heavy (non-hydrogen) atoms. The Morgan fingerprint density at radius 2 is 1.67 bits per heavy atom. The molecule has 1 atom stereocenters. The van der Waals surface area contributed by atoms with Crippen molar-refractivity contribution in [2.75, 3.05) is 7.05 Å². The molecule has 0 aliphatic heterocycles. The van der Waals surface area contributed by atoms with Crippen LogP contribution in [0.1, 0.15) is 52.9 Å². The van der Waals surface area contributed by atoms with Gasteiger partial charge in [-0.1, -0.05) is 60.3 Å². The summed E-state index contributed by atoms with van der Waals surface area (Å²) in [5.41, 5.74) is 2.52. The van der Waals surface area contributed by atoms with E-state index in [4.69, 9.17) is 9.84 Å². The summed E-state index contributed by atoms with van der Waals surface area (Å²) in [4.78, 5) is 45.7. The fourth-order valence-corrected chi connectivity index (χ4v) is 5.74. The first kappa shape index (κ1) is 32.2. The van der Waals surface area contributed by atoms with Crippen LogP contribution in [0, 0.1) is 0 Å². The fraction of sp³-hybridized carbons (Fsp3) is 0.194. The molecular weight excluding hydrogens is 598 g/mol. The molecule has 0 bridgehead atoms. The lowest BCUT2D eigenvalue weighted by Gasteiger charge is -2.23. The van der Waals surface area contributed by atoms with E-state index in [0.717, 1.165) is 26.4 Å². The van der Waals surface area contributed by atoms with Gasteiger partial charge in [0.25, 0.3) is 11.8 Å². The van der Waals surface area contributed by atoms with Crippen molar-refractivity contribution in [1.29, 1.82) is 0 Å². The molecule has 3 aromatic carbocycles. The fourth-order valence-electron chi connectivity index (χ4n) is 4.76. The van der Waals surface area contributed by atoms with Gasteiger partial charge in [-0.05, 0) is 81.0 Å². The number of carbonyl (C=O) groups is 3. The summed E-state index contributed by atoms with van der Waals surface area (Å²) in [6.07, 6.45) is 4.88. The molecule has 2 aromatic heterocycles. The third-order valence-corrected chi connectivity index (χ3v) is 7.91. The highest BCUT2D eigenvalue weighted by Gasteiger charge is 2.28. The first-order valence-electron chi connectivity index (χ1n) is 14.8. The summed E-state index contributed by atoms with van der Waals surface area (Å²) in [5, 5.41) is 10.9. The predicted molar refractivity (Wildman–Crippen MR) is 181 cm³/mol. The number of rotatable bonds is 9. The minimum absolute atomic E-state index is 0.191. The Labute approximate surface area is 272 Å². The second kappa shape index (κ2) is 14.3. The molecule has 9 nitrogen and oxygen atoms in total. The molecule has 1 unspecified atom stereocenters.